The van der Waals surface area contributed by atoms with Crippen molar-refractivity contribution in [2.75, 3.05) is 0 Å². The summed E-state index contributed by atoms with van der Waals surface area (Å²) in [5.41, 5.74) is 6.45. The standard InChI is InChI=1S/C15H12I3NO4.Na/c16-11(14(19)15(21)22)7-1-3-8(4-2-7)23-10-6-5-9(20)12(17)13(10)18;/h1-6,11,14,20H,19H2,(H,21,22);/q;+1/p-1/t11-,14+;/m0./s1. The Morgan fingerprint density at radius 1 is 1.12 bits per heavy atom. The van der Waals surface area contributed by atoms with Crippen molar-refractivity contribution in [3.05, 3.63) is 49.1 Å². The van der Waals surface area contributed by atoms with Crippen LogP contribution >= 0.6 is 67.8 Å². The molecule has 0 aliphatic rings. The Morgan fingerprint density at radius 2 is 1.71 bits per heavy atom. The number of carbonyl (C=O) groups is 1. The number of carboxylic acid groups (broad SMARTS) is 1. The molecule has 0 heterocycles. The summed E-state index contributed by atoms with van der Waals surface area (Å²) < 4.78 is 6.84. The number of rotatable bonds is 5. The number of aliphatic carboxylic acids is 1. The van der Waals surface area contributed by atoms with Gasteiger partial charge in [0.25, 0.3) is 0 Å². The molecule has 9 heteroatoms. The van der Waals surface area contributed by atoms with Crippen LogP contribution in [0, 0.1) is 7.14 Å². The average molecular weight is 673 g/mol. The maximum Gasteiger partial charge on any atom is 1.00 e. The van der Waals surface area contributed by atoms with Crippen molar-refractivity contribution in [3.63, 3.8) is 0 Å². The zero-order valence-electron chi connectivity index (χ0n) is 12.5. The van der Waals surface area contributed by atoms with Gasteiger partial charge in [-0.15, -0.1) is 0 Å². The van der Waals surface area contributed by atoms with Gasteiger partial charge in [-0.2, -0.15) is 0 Å². The van der Waals surface area contributed by atoms with Crippen LogP contribution in [0.15, 0.2) is 36.4 Å². The SMILES string of the molecule is N[C@@H](C(=O)O)[C@@H](I)c1ccc(Oc2ccc([O-])c(I)c2I)cc1.[Na+]. The molecule has 24 heavy (non-hydrogen) atoms. The third kappa shape index (κ3) is 5.58. The normalized spacial score (nSPS) is 12.8. The van der Waals surface area contributed by atoms with Gasteiger partial charge < -0.3 is 20.7 Å². The molecule has 0 spiro atoms. The second-order valence-electron chi connectivity index (χ2n) is 4.63. The number of carboxylic acids is 1. The van der Waals surface area contributed by atoms with Crippen LogP contribution in [0.3, 0.4) is 0 Å². The van der Waals surface area contributed by atoms with Crippen LogP contribution in [-0.2, 0) is 4.79 Å². The number of ether oxygens (including phenoxy) is 1. The third-order valence-corrected chi connectivity index (χ3v) is 7.71. The fraction of sp³-hybridized carbons (Fsp3) is 0.133. The molecule has 3 N–H and O–H groups in total. The molecule has 0 saturated heterocycles. The summed E-state index contributed by atoms with van der Waals surface area (Å²) >= 11 is 6.08. The number of hydrogen-bond donors (Lipinski definition) is 2. The van der Waals surface area contributed by atoms with Crippen molar-refractivity contribution in [3.8, 4) is 17.2 Å². The predicted octanol–water partition coefficient (Wildman–Crippen LogP) is 0.654. The first-order valence-electron chi connectivity index (χ1n) is 6.36. The average Bonchev–Trinajstić information content (AvgIpc) is 2.54. The molecule has 2 rings (SSSR count). The van der Waals surface area contributed by atoms with Crippen molar-refractivity contribution >= 4 is 73.7 Å². The zero-order valence-corrected chi connectivity index (χ0v) is 21.0. The minimum Gasteiger partial charge on any atom is -0.872 e. The van der Waals surface area contributed by atoms with Gasteiger partial charge in [-0.1, -0.05) is 46.5 Å². The molecule has 0 unspecified atom stereocenters. The first-order valence-corrected chi connectivity index (χ1v) is 9.77. The molecular formula is C15H11I3NNaO4. The molecule has 0 saturated carbocycles. The fourth-order valence-corrected chi connectivity index (χ4v) is 3.50. The van der Waals surface area contributed by atoms with Crippen LogP contribution < -0.4 is 45.1 Å². The van der Waals surface area contributed by atoms with Crippen molar-refractivity contribution in [2.45, 2.75) is 9.97 Å². The first kappa shape index (κ1) is 22.7. The van der Waals surface area contributed by atoms with Crippen LogP contribution in [0.5, 0.6) is 17.2 Å². The van der Waals surface area contributed by atoms with Gasteiger partial charge in [-0.25, -0.2) is 0 Å². The van der Waals surface area contributed by atoms with E-state index in [1.54, 1.807) is 30.3 Å². The van der Waals surface area contributed by atoms with Gasteiger partial charge in [0.2, 0.25) is 0 Å². The number of hydrogen-bond acceptors (Lipinski definition) is 4. The maximum atomic E-state index is 11.6. The van der Waals surface area contributed by atoms with E-state index in [4.69, 9.17) is 15.6 Å². The van der Waals surface area contributed by atoms with Gasteiger partial charge in [0, 0.05) is 3.57 Å². The maximum absolute atomic E-state index is 11.6. The summed E-state index contributed by atoms with van der Waals surface area (Å²) in [7, 11) is 0. The van der Waals surface area contributed by atoms with Crippen LogP contribution in [0.25, 0.3) is 0 Å². The molecule has 2 atom stereocenters. The third-order valence-electron chi connectivity index (χ3n) is 3.04. The van der Waals surface area contributed by atoms with Crippen molar-refractivity contribution in [1.29, 1.82) is 0 Å². The van der Waals surface area contributed by atoms with Gasteiger partial charge in [0.1, 0.15) is 17.5 Å². The topological polar surface area (TPSA) is 95.6 Å². The molecule has 5 nitrogen and oxygen atoms in total. The Morgan fingerprint density at radius 3 is 2.25 bits per heavy atom. The van der Waals surface area contributed by atoms with Crippen molar-refractivity contribution in [2.24, 2.45) is 5.73 Å². The van der Waals surface area contributed by atoms with Gasteiger partial charge in [0.15, 0.2) is 0 Å². The molecule has 0 amide bonds. The van der Waals surface area contributed by atoms with E-state index in [0.29, 0.717) is 15.1 Å². The number of halogens is 3. The van der Waals surface area contributed by atoms with E-state index in [2.05, 4.69) is 22.6 Å². The van der Waals surface area contributed by atoms with Crippen LogP contribution in [0.4, 0.5) is 0 Å². The summed E-state index contributed by atoms with van der Waals surface area (Å²) in [5, 5.41) is 20.5. The molecule has 2 aromatic rings. The second-order valence-corrected chi connectivity index (χ2v) is 8.13. The van der Waals surface area contributed by atoms with E-state index in [9.17, 15) is 9.90 Å². The Kier molecular flexibility index (Phi) is 9.57. The van der Waals surface area contributed by atoms with Gasteiger partial charge in [0.05, 0.1) is 7.49 Å². The quantitative estimate of drug-likeness (QED) is 0.277. The van der Waals surface area contributed by atoms with Gasteiger partial charge >= 0.3 is 35.5 Å². The minimum absolute atomic E-state index is 0. The molecule has 0 radical (unpaired) electrons. The molecule has 0 bridgehead atoms. The Bertz CT molecular complexity index is 727. The fourth-order valence-electron chi connectivity index (χ4n) is 1.77. The van der Waals surface area contributed by atoms with Crippen LogP contribution in [0.2, 0.25) is 0 Å². The Hall–Kier alpha value is 0.660. The largest absolute Gasteiger partial charge is 1.00 e. The van der Waals surface area contributed by atoms with Crippen molar-refractivity contribution in [1.82, 2.24) is 0 Å². The molecule has 0 aromatic heterocycles. The van der Waals surface area contributed by atoms with E-state index in [1.807, 2.05) is 45.2 Å². The van der Waals surface area contributed by atoms with Crippen LogP contribution in [-0.4, -0.2) is 17.1 Å². The molecule has 0 fully saturated rings. The predicted molar refractivity (Wildman–Crippen MR) is 110 cm³/mol. The molecule has 122 valence electrons. The van der Waals surface area contributed by atoms with E-state index < -0.39 is 12.0 Å². The second kappa shape index (κ2) is 10.1. The van der Waals surface area contributed by atoms with E-state index in [-0.39, 0.29) is 39.2 Å². The summed E-state index contributed by atoms with van der Waals surface area (Å²) in [6.07, 6.45) is 0. The Labute approximate surface area is 202 Å². The number of alkyl halides is 1. The van der Waals surface area contributed by atoms with Crippen LogP contribution in [0.1, 0.15) is 9.49 Å². The van der Waals surface area contributed by atoms with Crippen molar-refractivity contribution < 1.29 is 49.3 Å². The Balaban J connectivity index is 0.00000288. The molecule has 0 aliphatic heterocycles. The van der Waals surface area contributed by atoms with E-state index in [1.165, 1.54) is 6.07 Å². The van der Waals surface area contributed by atoms with E-state index >= 15 is 0 Å². The first-order chi connectivity index (χ1) is 10.8. The minimum atomic E-state index is -1.04. The molecule has 2 aromatic carbocycles. The molecular weight excluding hydrogens is 662 g/mol. The molecule has 0 aliphatic carbocycles. The summed E-state index contributed by atoms with van der Waals surface area (Å²) in [6, 6.07) is 9.23. The van der Waals surface area contributed by atoms with Gasteiger partial charge in [-0.3, -0.25) is 4.79 Å². The zero-order chi connectivity index (χ0) is 17.1. The number of nitrogens with two attached hydrogens (primary N) is 1. The van der Waals surface area contributed by atoms with Gasteiger partial charge in [-0.05, 0) is 68.9 Å². The monoisotopic (exact) mass is 673 g/mol. The smallest absolute Gasteiger partial charge is 0.872 e. The number of benzene rings is 2. The summed E-state index contributed by atoms with van der Waals surface area (Å²) in [4.78, 5) is 10.9. The van der Waals surface area contributed by atoms with E-state index in [0.717, 1.165) is 9.13 Å². The summed E-state index contributed by atoms with van der Waals surface area (Å²) in [5.74, 6) is 0.142. The summed E-state index contributed by atoms with van der Waals surface area (Å²) in [6.45, 7) is 0.